The van der Waals surface area contributed by atoms with E-state index in [1.165, 1.54) is 5.56 Å². The van der Waals surface area contributed by atoms with Crippen molar-refractivity contribution >= 4 is 0 Å². The van der Waals surface area contributed by atoms with E-state index in [0.29, 0.717) is 0 Å². The van der Waals surface area contributed by atoms with Gasteiger partial charge in [0.25, 0.3) is 0 Å². The highest BCUT2D eigenvalue weighted by Crippen LogP contribution is 1.97. The first-order valence-corrected chi connectivity index (χ1v) is 3.40. The lowest BCUT2D eigenvalue weighted by Gasteiger charge is -2.00. The van der Waals surface area contributed by atoms with Crippen LogP contribution < -0.4 is 5.32 Å². The van der Waals surface area contributed by atoms with Crippen LogP contribution in [0.2, 0.25) is 0 Å². The van der Waals surface area contributed by atoms with Gasteiger partial charge in [0, 0.05) is 0 Å². The van der Waals surface area contributed by atoms with Crippen LogP contribution in [0.25, 0.3) is 0 Å². The predicted octanol–water partition coefficient (Wildman–Crippen LogP) is 1.63. The van der Waals surface area contributed by atoms with Gasteiger partial charge in [0.1, 0.15) is 0 Å². The van der Waals surface area contributed by atoms with E-state index in [1.54, 1.807) is 0 Å². The molecule has 10 heavy (non-hydrogen) atoms. The van der Waals surface area contributed by atoms with E-state index in [0.717, 1.165) is 13.0 Å². The van der Waals surface area contributed by atoms with E-state index in [-0.39, 0.29) is 0 Å². The molecule has 1 aromatic carbocycles. The van der Waals surface area contributed by atoms with Crippen molar-refractivity contribution in [2.45, 2.75) is 6.42 Å². The monoisotopic (exact) mass is 133 g/mol. The van der Waals surface area contributed by atoms with Crippen molar-refractivity contribution in [3.05, 3.63) is 42.9 Å². The molecular formula is C9H11N-. The Morgan fingerprint density at radius 1 is 1.20 bits per heavy atom. The van der Waals surface area contributed by atoms with Crippen LogP contribution in [-0.2, 0) is 6.42 Å². The number of rotatable bonds is 3. The van der Waals surface area contributed by atoms with Gasteiger partial charge in [0.15, 0.2) is 0 Å². The van der Waals surface area contributed by atoms with Gasteiger partial charge in [-0.15, -0.1) is 0 Å². The van der Waals surface area contributed by atoms with Crippen molar-refractivity contribution in [3.8, 4) is 0 Å². The minimum atomic E-state index is 0.823. The van der Waals surface area contributed by atoms with E-state index < -0.39 is 0 Å². The smallest absolute Gasteiger partial charge is 0.0162 e. The molecule has 0 aliphatic heterocycles. The van der Waals surface area contributed by atoms with E-state index in [4.69, 9.17) is 0 Å². The van der Waals surface area contributed by atoms with E-state index in [1.807, 2.05) is 18.2 Å². The van der Waals surface area contributed by atoms with Crippen LogP contribution in [0.1, 0.15) is 5.56 Å². The molecular weight excluding hydrogens is 122 g/mol. The second kappa shape index (κ2) is 4.07. The van der Waals surface area contributed by atoms with Gasteiger partial charge in [-0.2, -0.15) is 0 Å². The summed E-state index contributed by atoms with van der Waals surface area (Å²) in [6, 6.07) is 10.3. The van der Waals surface area contributed by atoms with Gasteiger partial charge < -0.3 is 5.32 Å². The molecule has 0 spiro atoms. The first kappa shape index (κ1) is 7.29. The molecule has 1 aromatic rings. The fourth-order valence-electron chi connectivity index (χ4n) is 0.853. The first-order chi connectivity index (χ1) is 4.93. The zero-order valence-electron chi connectivity index (χ0n) is 5.96. The lowest BCUT2D eigenvalue weighted by Crippen LogP contribution is -2.00. The third kappa shape index (κ3) is 2.19. The fourth-order valence-corrected chi connectivity index (χ4v) is 0.853. The Bertz CT molecular complexity index is 169. The number of hydrogen-bond donors (Lipinski definition) is 0. The summed E-state index contributed by atoms with van der Waals surface area (Å²) in [5.41, 5.74) is 1.33. The molecule has 0 aliphatic rings. The molecule has 0 aliphatic carbocycles. The number of nitrogens with zero attached hydrogens (tertiary/aromatic N) is 1. The van der Waals surface area contributed by atoms with Crippen molar-refractivity contribution < 1.29 is 0 Å². The van der Waals surface area contributed by atoms with Crippen LogP contribution in [0, 0.1) is 7.05 Å². The van der Waals surface area contributed by atoms with Gasteiger partial charge in [-0.1, -0.05) is 30.3 Å². The van der Waals surface area contributed by atoms with Gasteiger partial charge in [0.05, 0.1) is 0 Å². The largest absolute Gasteiger partial charge is 0.424 e. The van der Waals surface area contributed by atoms with Gasteiger partial charge >= 0.3 is 0 Å². The highest BCUT2D eigenvalue weighted by atomic mass is 14.8. The topological polar surface area (TPSA) is 14.1 Å². The Kier molecular flexibility index (Phi) is 2.97. The number of hydrogen-bond acceptors (Lipinski definition) is 0. The zero-order chi connectivity index (χ0) is 7.23. The summed E-state index contributed by atoms with van der Waals surface area (Å²) in [6.45, 7) is 0.823. The molecule has 0 unspecified atom stereocenters. The molecule has 53 valence electrons. The van der Waals surface area contributed by atoms with Crippen molar-refractivity contribution in [2.75, 3.05) is 6.54 Å². The Labute approximate surface area is 62.1 Å². The molecule has 0 atom stereocenters. The highest BCUT2D eigenvalue weighted by molar-refractivity contribution is 5.14. The maximum Gasteiger partial charge on any atom is -0.0162 e. The summed E-state index contributed by atoms with van der Waals surface area (Å²) in [6.07, 6.45) is 1.00. The van der Waals surface area contributed by atoms with Crippen molar-refractivity contribution in [1.29, 1.82) is 0 Å². The average molecular weight is 133 g/mol. The third-order valence-electron chi connectivity index (χ3n) is 1.40. The summed E-state index contributed by atoms with van der Waals surface area (Å²) < 4.78 is 0. The second-order valence-electron chi connectivity index (χ2n) is 2.18. The normalized spacial score (nSPS) is 9.70. The van der Waals surface area contributed by atoms with Gasteiger partial charge in [-0.05, 0) is 18.5 Å². The molecule has 0 N–H and O–H groups in total. The van der Waals surface area contributed by atoms with E-state index in [2.05, 4.69) is 24.5 Å². The van der Waals surface area contributed by atoms with Crippen LogP contribution in [0.15, 0.2) is 30.3 Å². The summed E-state index contributed by atoms with van der Waals surface area (Å²) in [5.74, 6) is 0. The Hall–Kier alpha value is -0.820. The molecule has 0 bridgehead atoms. The maximum absolute atomic E-state index is 3.78. The standard InChI is InChI=1S/C9H11N/c1-10-8-7-9-5-3-2-4-6-9/h2-6H,1,7-8H2/q-1. The lowest BCUT2D eigenvalue weighted by molar-refractivity contribution is 0.815. The molecule has 0 heterocycles. The Balaban J connectivity index is 2.43. The van der Waals surface area contributed by atoms with Crippen molar-refractivity contribution in [3.63, 3.8) is 0 Å². The number of benzene rings is 1. The van der Waals surface area contributed by atoms with Gasteiger partial charge in [-0.25, -0.2) is 0 Å². The summed E-state index contributed by atoms with van der Waals surface area (Å²) in [7, 11) is 3.43. The van der Waals surface area contributed by atoms with Crippen LogP contribution in [0.5, 0.6) is 0 Å². The van der Waals surface area contributed by atoms with Crippen LogP contribution in [0.3, 0.4) is 0 Å². The van der Waals surface area contributed by atoms with E-state index in [9.17, 15) is 0 Å². The molecule has 1 heteroatoms. The van der Waals surface area contributed by atoms with Gasteiger partial charge in [0.2, 0.25) is 0 Å². The van der Waals surface area contributed by atoms with Gasteiger partial charge in [-0.3, -0.25) is 7.05 Å². The average Bonchev–Trinajstić information content (AvgIpc) is 2.03. The zero-order valence-corrected chi connectivity index (χ0v) is 5.96. The van der Waals surface area contributed by atoms with Crippen LogP contribution in [-0.4, -0.2) is 6.54 Å². The van der Waals surface area contributed by atoms with Crippen molar-refractivity contribution in [2.24, 2.45) is 0 Å². The van der Waals surface area contributed by atoms with Crippen LogP contribution in [0.4, 0.5) is 0 Å². The SMILES string of the molecule is [CH2-][N]CCc1ccccc1. The lowest BCUT2D eigenvalue weighted by atomic mass is 10.2. The van der Waals surface area contributed by atoms with E-state index >= 15 is 0 Å². The highest BCUT2D eigenvalue weighted by Gasteiger charge is 1.85. The molecule has 0 aromatic heterocycles. The third-order valence-corrected chi connectivity index (χ3v) is 1.40. The Morgan fingerprint density at radius 2 is 1.90 bits per heavy atom. The second-order valence-corrected chi connectivity index (χ2v) is 2.18. The van der Waals surface area contributed by atoms with Crippen LogP contribution >= 0.6 is 0 Å². The molecule has 1 rings (SSSR count). The summed E-state index contributed by atoms with van der Waals surface area (Å²) in [4.78, 5) is 0. The molecule has 1 nitrogen and oxygen atoms in total. The Morgan fingerprint density at radius 3 is 2.50 bits per heavy atom. The minimum absolute atomic E-state index is 0.823. The molecule has 1 radical (unpaired) electrons. The molecule has 0 saturated heterocycles. The van der Waals surface area contributed by atoms with Crippen molar-refractivity contribution in [1.82, 2.24) is 5.32 Å². The first-order valence-electron chi connectivity index (χ1n) is 3.40. The molecule has 0 saturated carbocycles. The summed E-state index contributed by atoms with van der Waals surface area (Å²) in [5, 5.41) is 3.78. The molecule has 0 amide bonds. The summed E-state index contributed by atoms with van der Waals surface area (Å²) >= 11 is 0. The predicted molar refractivity (Wildman–Crippen MR) is 42.5 cm³/mol. The molecule has 0 fully saturated rings. The fraction of sp³-hybridized carbons (Fsp3) is 0.222. The maximum atomic E-state index is 3.78. The minimum Gasteiger partial charge on any atom is -0.424 e. The quantitative estimate of drug-likeness (QED) is 0.556.